The molecule has 15 rings (SSSR count). The lowest BCUT2D eigenvalue weighted by atomic mass is 9.88. The van der Waals surface area contributed by atoms with Crippen LogP contribution in [-0.2, 0) is 0 Å². The van der Waals surface area contributed by atoms with Gasteiger partial charge in [0.05, 0.1) is 44.8 Å². The predicted octanol–water partition coefficient (Wildman–Crippen LogP) is 17.5. The highest BCUT2D eigenvalue weighted by Crippen LogP contribution is 2.55. The van der Waals surface area contributed by atoms with Gasteiger partial charge in [0, 0.05) is 74.5 Å². The summed E-state index contributed by atoms with van der Waals surface area (Å²) in [7, 11) is 0. The second-order valence-corrected chi connectivity index (χ2v) is 19.6. The SMILES string of the molecule is [C-]#[N+]c1c(-c2ccccc2)c(C#N)c(-n2c3ccc4c5ccccc5sc4c3c3ccc4c5ccccc5sc4c32)c(-c2ccccc2)c1-n1c2cccc3c4ccccc4c4ccnc1c4c32. The number of hydrogen-bond acceptors (Lipinski definition) is 4. The highest BCUT2D eigenvalue weighted by Gasteiger charge is 2.33. The molecule has 0 radical (unpaired) electrons. The second kappa shape index (κ2) is 13.8. The zero-order valence-corrected chi connectivity index (χ0v) is 37.6. The van der Waals surface area contributed by atoms with Crippen molar-refractivity contribution in [3.8, 4) is 39.7 Å². The van der Waals surface area contributed by atoms with Gasteiger partial charge in [-0.1, -0.05) is 152 Å². The van der Waals surface area contributed by atoms with Gasteiger partial charge in [-0.05, 0) is 63.0 Å². The molecule has 0 spiro atoms. The maximum Gasteiger partial charge on any atom is 0.220 e. The molecule has 312 valence electrons. The summed E-state index contributed by atoms with van der Waals surface area (Å²) in [5.41, 5.74) is 9.05. The van der Waals surface area contributed by atoms with E-state index in [1.807, 2.05) is 53.9 Å². The van der Waals surface area contributed by atoms with Crippen molar-refractivity contribution in [3.05, 3.63) is 205 Å². The molecule has 15 aromatic rings. The topological polar surface area (TPSA) is 50.9 Å². The third kappa shape index (κ3) is 4.78. The molecule has 0 amide bonds. The molecule has 7 heteroatoms. The molecule has 0 saturated heterocycles. The van der Waals surface area contributed by atoms with Gasteiger partial charge in [-0.15, -0.1) is 22.7 Å². The number of thiophene rings is 2. The van der Waals surface area contributed by atoms with Crippen LogP contribution in [0, 0.1) is 17.9 Å². The van der Waals surface area contributed by atoms with Crippen LogP contribution in [0.5, 0.6) is 0 Å². The Morgan fingerprint density at radius 1 is 0.456 bits per heavy atom. The number of nitriles is 1. The van der Waals surface area contributed by atoms with E-state index in [0.717, 1.165) is 87.0 Å². The van der Waals surface area contributed by atoms with Crippen molar-refractivity contribution in [1.29, 1.82) is 5.26 Å². The average molecular weight is 898 g/mol. The molecule has 68 heavy (non-hydrogen) atoms. The van der Waals surface area contributed by atoms with Gasteiger partial charge in [-0.2, -0.15) is 5.26 Å². The molecule has 10 aromatic carbocycles. The molecule has 0 saturated carbocycles. The normalized spacial score (nSPS) is 12.1. The molecule has 5 nitrogen and oxygen atoms in total. The van der Waals surface area contributed by atoms with Crippen molar-refractivity contribution in [1.82, 2.24) is 14.1 Å². The average Bonchev–Trinajstić information content (AvgIpc) is 4.16. The van der Waals surface area contributed by atoms with Crippen LogP contribution in [0.4, 0.5) is 5.69 Å². The molecule has 0 aliphatic rings. The fourth-order valence-corrected chi connectivity index (χ4v) is 14.0. The molecular weight excluding hydrogens is 867 g/mol. The molecule has 0 fully saturated rings. The van der Waals surface area contributed by atoms with Crippen LogP contribution in [-0.4, -0.2) is 14.1 Å². The highest BCUT2D eigenvalue weighted by atomic mass is 32.1. The van der Waals surface area contributed by atoms with Gasteiger partial charge in [-0.25, -0.2) is 9.83 Å². The highest BCUT2D eigenvalue weighted by molar-refractivity contribution is 7.27. The fourth-order valence-electron chi connectivity index (χ4n) is 11.5. The first-order chi connectivity index (χ1) is 33.7. The monoisotopic (exact) mass is 897 g/mol. The van der Waals surface area contributed by atoms with E-state index in [4.69, 9.17) is 4.98 Å². The Morgan fingerprint density at radius 2 is 1.01 bits per heavy atom. The number of aromatic nitrogens is 3. The Labute approximate surface area is 396 Å². The van der Waals surface area contributed by atoms with E-state index in [1.54, 1.807) is 11.3 Å². The number of rotatable bonds is 4. The Kier molecular flexibility index (Phi) is 7.61. The van der Waals surface area contributed by atoms with Crippen LogP contribution in [0.15, 0.2) is 188 Å². The van der Waals surface area contributed by atoms with E-state index in [-0.39, 0.29) is 0 Å². The Balaban J connectivity index is 1.25. The minimum Gasteiger partial charge on any atom is -0.306 e. The van der Waals surface area contributed by atoms with Crippen LogP contribution >= 0.6 is 22.7 Å². The van der Waals surface area contributed by atoms with E-state index >= 15 is 0 Å². The van der Waals surface area contributed by atoms with Crippen LogP contribution in [0.3, 0.4) is 0 Å². The Bertz CT molecular complexity index is 4660. The Morgan fingerprint density at radius 3 is 1.71 bits per heavy atom. The summed E-state index contributed by atoms with van der Waals surface area (Å²) >= 11 is 3.62. The minimum atomic E-state index is 0.392. The number of hydrogen-bond donors (Lipinski definition) is 0. The molecule has 5 aromatic heterocycles. The summed E-state index contributed by atoms with van der Waals surface area (Å²) in [6.45, 7) is 9.33. The van der Waals surface area contributed by atoms with Crippen molar-refractivity contribution in [3.63, 3.8) is 0 Å². The molecule has 0 unspecified atom stereocenters. The van der Waals surface area contributed by atoms with E-state index in [0.29, 0.717) is 22.5 Å². The van der Waals surface area contributed by atoms with Crippen molar-refractivity contribution in [2.75, 3.05) is 0 Å². The molecule has 0 atom stereocenters. The molecular formula is C61H31N5S2. The maximum atomic E-state index is 12.1. The summed E-state index contributed by atoms with van der Waals surface area (Å²) in [4.78, 5) is 9.81. The van der Waals surface area contributed by atoms with Crippen molar-refractivity contribution in [2.24, 2.45) is 0 Å². The number of nitrogens with zero attached hydrogens (tertiary/aromatic N) is 5. The summed E-state index contributed by atoms with van der Waals surface area (Å²) in [5, 5.41) is 25.8. The smallest absolute Gasteiger partial charge is 0.220 e. The lowest BCUT2D eigenvalue weighted by molar-refractivity contribution is 1.12. The number of benzene rings is 10. The van der Waals surface area contributed by atoms with Crippen molar-refractivity contribution in [2.45, 2.75) is 0 Å². The second-order valence-electron chi connectivity index (χ2n) is 17.5. The number of pyridine rings is 1. The van der Waals surface area contributed by atoms with Gasteiger partial charge < -0.3 is 9.13 Å². The summed E-state index contributed by atoms with van der Waals surface area (Å²) < 4.78 is 9.41. The zero-order valence-electron chi connectivity index (χ0n) is 36.0. The molecule has 0 bridgehead atoms. The van der Waals surface area contributed by atoms with Crippen LogP contribution in [0.25, 0.3) is 144 Å². The standard InChI is InChI=1S/C61H31N5S2/c1-63-55-50(34-15-4-2-5-16-34)45(33-62)56(51(35-17-6-3-7-18-35)58(55)66-46-24-14-23-40-36-19-8-9-20-37(36)41-31-32-64-61(66)54(41)52(40)46)65-47-30-29-42-38-21-10-12-25-48(38)67-59(42)53(47)44-28-27-43-39-22-11-13-26-49(39)68-60(43)57(44)65/h2-32H. The lowest BCUT2D eigenvalue weighted by Gasteiger charge is -2.25. The molecule has 0 aliphatic heterocycles. The van der Waals surface area contributed by atoms with Crippen LogP contribution in [0.1, 0.15) is 5.56 Å². The predicted molar refractivity (Wildman–Crippen MR) is 287 cm³/mol. The van der Waals surface area contributed by atoms with Crippen LogP contribution < -0.4 is 0 Å². The fraction of sp³-hybridized carbons (Fsp3) is 0. The first-order valence-corrected chi connectivity index (χ1v) is 24.2. The lowest BCUT2D eigenvalue weighted by Crippen LogP contribution is -2.09. The van der Waals surface area contributed by atoms with Gasteiger partial charge in [0.2, 0.25) is 5.69 Å². The van der Waals surface area contributed by atoms with E-state index in [1.165, 1.54) is 41.0 Å². The maximum absolute atomic E-state index is 12.1. The summed E-state index contributed by atoms with van der Waals surface area (Å²) in [5.74, 6) is 0. The third-order valence-corrected chi connectivity index (χ3v) is 16.6. The number of fused-ring (bicyclic) bond motifs is 14. The quantitative estimate of drug-likeness (QED) is 0.131. The van der Waals surface area contributed by atoms with Gasteiger partial charge in [0.1, 0.15) is 11.7 Å². The van der Waals surface area contributed by atoms with Crippen LogP contribution in [0.2, 0.25) is 0 Å². The van der Waals surface area contributed by atoms with E-state index in [2.05, 4.69) is 166 Å². The van der Waals surface area contributed by atoms with Gasteiger partial charge >= 0.3 is 0 Å². The van der Waals surface area contributed by atoms with Gasteiger partial charge in [0.25, 0.3) is 0 Å². The summed E-state index contributed by atoms with van der Waals surface area (Å²) in [6.07, 6.45) is 1.90. The van der Waals surface area contributed by atoms with Crippen molar-refractivity contribution < 1.29 is 0 Å². The van der Waals surface area contributed by atoms with E-state index < -0.39 is 0 Å². The molecule has 5 heterocycles. The van der Waals surface area contributed by atoms with Crippen molar-refractivity contribution >= 4 is 134 Å². The molecule has 0 aliphatic carbocycles. The van der Waals surface area contributed by atoms with Gasteiger partial charge in [-0.3, -0.25) is 0 Å². The zero-order chi connectivity index (χ0) is 44.8. The largest absolute Gasteiger partial charge is 0.306 e. The summed E-state index contributed by atoms with van der Waals surface area (Å²) in [6, 6.07) is 66.9. The molecule has 0 N–H and O–H groups in total. The third-order valence-electron chi connectivity index (χ3n) is 14.2. The van der Waals surface area contributed by atoms with Gasteiger partial charge in [0.15, 0.2) is 0 Å². The first-order valence-electron chi connectivity index (χ1n) is 22.6. The van der Waals surface area contributed by atoms with E-state index in [9.17, 15) is 11.8 Å². The Hall–Kier alpha value is -8.85. The first kappa shape index (κ1) is 37.4. The minimum absolute atomic E-state index is 0.392.